The van der Waals surface area contributed by atoms with Crippen LogP contribution in [-0.2, 0) is 6.18 Å². The van der Waals surface area contributed by atoms with E-state index in [1.807, 2.05) is 0 Å². The van der Waals surface area contributed by atoms with Crippen molar-refractivity contribution in [3.05, 3.63) is 70.7 Å². The van der Waals surface area contributed by atoms with Crippen molar-refractivity contribution in [2.45, 2.75) is 26.1 Å². The molecule has 0 saturated heterocycles. The minimum Gasteiger partial charge on any atom is -0.398 e. The van der Waals surface area contributed by atoms with E-state index in [1.165, 1.54) is 30.3 Å². The van der Waals surface area contributed by atoms with E-state index < -0.39 is 29.6 Å². The number of halogens is 4. The van der Waals surface area contributed by atoms with Gasteiger partial charge in [-0.25, -0.2) is 9.37 Å². The number of pyridine rings is 1. The first-order valence-corrected chi connectivity index (χ1v) is 8.40. The van der Waals surface area contributed by atoms with E-state index in [0.717, 1.165) is 6.07 Å². The van der Waals surface area contributed by atoms with Gasteiger partial charge in [-0.1, -0.05) is 6.07 Å². The van der Waals surface area contributed by atoms with E-state index in [-0.39, 0.29) is 16.6 Å². The van der Waals surface area contributed by atoms with E-state index in [4.69, 9.17) is 5.73 Å². The highest BCUT2D eigenvalue weighted by Crippen LogP contribution is 2.29. The van der Waals surface area contributed by atoms with Crippen molar-refractivity contribution in [1.82, 2.24) is 10.3 Å². The van der Waals surface area contributed by atoms with Gasteiger partial charge in [-0.2, -0.15) is 13.2 Å². The van der Waals surface area contributed by atoms with Crippen molar-refractivity contribution in [3.8, 4) is 0 Å². The van der Waals surface area contributed by atoms with E-state index in [9.17, 15) is 22.4 Å². The topological polar surface area (TPSA) is 68.0 Å². The fraction of sp³-hybridized carbons (Fsp3) is 0.200. The molecule has 146 valence electrons. The molecule has 1 aromatic heterocycles. The van der Waals surface area contributed by atoms with Crippen LogP contribution in [0.2, 0.25) is 0 Å². The Balaban J connectivity index is 1.84. The summed E-state index contributed by atoms with van der Waals surface area (Å²) in [6.07, 6.45) is -4.54. The number of rotatable bonds is 3. The molecule has 0 unspecified atom stereocenters. The number of benzene rings is 2. The molecule has 1 amide bonds. The number of aryl methyl sites for hydroxylation is 1. The highest BCUT2D eigenvalue weighted by Gasteiger charge is 2.32. The lowest BCUT2D eigenvalue weighted by Gasteiger charge is -2.17. The number of anilines is 1. The standard InChI is InChI=1S/C20H17F4N3O/c1-10-7-14(15(21)9-16(10)25)11(2)26-19(28)13-3-5-17-12(8-13)4-6-18(27-17)20(22,23)24/h3-9,11H,25H2,1-2H3,(H,26,28)/t11-/m1/s1. The molecule has 8 heteroatoms. The fourth-order valence-electron chi connectivity index (χ4n) is 2.83. The fourth-order valence-corrected chi connectivity index (χ4v) is 2.83. The highest BCUT2D eigenvalue weighted by molar-refractivity contribution is 5.98. The first-order valence-electron chi connectivity index (χ1n) is 8.40. The predicted molar refractivity (Wildman–Crippen MR) is 98.2 cm³/mol. The van der Waals surface area contributed by atoms with Crippen molar-refractivity contribution >= 4 is 22.5 Å². The van der Waals surface area contributed by atoms with Crippen LogP contribution in [0, 0.1) is 12.7 Å². The van der Waals surface area contributed by atoms with Gasteiger partial charge in [-0.05, 0) is 55.8 Å². The maximum Gasteiger partial charge on any atom is 0.433 e. The second-order valence-electron chi connectivity index (χ2n) is 6.53. The van der Waals surface area contributed by atoms with Crippen LogP contribution in [0.4, 0.5) is 23.2 Å². The average molecular weight is 391 g/mol. The second kappa shape index (κ2) is 7.10. The van der Waals surface area contributed by atoms with Gasteiger partial charge < -0.3 is 11.1 Å². The first kappa shape index (κ1) is 19.6. The largest absolute Gasteiger partial charge is 0.433 e. The second-order valence-corrected chi connectivity index (χ2v) is 6.53. The number of nitrogens with one attached hydrogen (secondary N) is 1. The molecule has 1 heterocycles. The molecule has 0 aliphatic rings. The van der Waals surface area contributed by atoms with Crippen LogP contribution in [-0.4, -0.2) is 10.9 Å². The molecular weight excluding hydrogens is 374 g/mol. The Bertz CT molecular complexity index is 1060. The van der Waals surface area contributed by atoms with Gasteiger partial charge in [0.25, 0.3) is 5.91 Å². The summed E-state index contributed by atoms with van der Waals surface area (Å²) in [5.74, 6) is -1.01. The normalized spacial score (nSPS) is 12.8. The molecule has 0 saturated carbocycles. The Hall–Kier alpha value is -3.16. The van der Waals surface area contributed by atoms with Crippen LogP contribution in [0.3, 0.4) is 0 Å². The van der Waals surface area contributed by atoms with Crippen molar-refractivity contribution in [2.75, 3.05) is 5.73 Å². The number of aromatic nitrogens is 1. The maximum atomic E-state index is 14.1. The quantitative estimate of drug-likeness (QED) is 0.499. The van der Waals surface area contributed by atoms with Gasteiger partial charge in [0, 0.05) is 22.2 Å². The van der Waals surface area contributed by atoms with Crippen LogP contribution in [0.5, 0.6) is 0 Å². The summed E-state index contributed by atoms with van der Waals surface area (Å²) in [4.78, 5) is 16.1. The molecule has 3 aromatic rings. The van der Waals surface area contributed by atoms with Crippen LogP contribution in [0.1, 0.15) is 40.1 Å². The van der Waals surface area contributed by atoms with E-state index in [2.05, 4.69) is 10.3 Å². The van der Waals surface area contributed by atoms with Gasteiger partial charge >= 0.3 is 6.18 Å². The zero-order valence-electron chi connectivity index (χ0n) is 15.1. The molecule has 1 atom stereocenters. The summed E-state index contributed by atoms with van der Waals surface area (Å²) in [6.45, 7) is 3.36. The Kier molecular flexibility index (Phi) is 4.97. The minimum atomic E-state index is -4.54. The number of nitrogens with zero attached hydrogens (tertiary/aromatic N) is 1. The molecule has 0 bridgehead atoms. The summed E-state index contributed by atoms with van der Waals surface area (Å²) in [5, 5.41) is 3.07. The first-order chi connectivity index (χ1) is 13.1. The van der Waals surface area contributed by atoms with Crippen LogP contribution >= 0.6 is 0 Å². The van der Waals surface area contributed by atoms with E-state index in [0.29, 0.717) is 16.6 Å². The Morgan fingerprint density at radius 1 is 1.14 bits per heavy atom. The van der Waals surface area contributed by atoms with Gasteiger partial charge in [0.15, 0.2) is 0 Å². The van der Waals surface area contributed by atoms with Crippen molar-refractivity contribution in [1.29, 1.82) is 0 Å². The predicted octanol–water partition coefficient (Wildman–Crippen LogP) is 4.77. The number of nitrogens with two attached hydrogens (primary N) is 1. The third-order valence-electron chi connectivity index (χ3n) is 4.44. The van der Waals surface area contributed by atoms with Crippen molar-refractivity contribution in [3.63, 3.8) is 0 Å². The lowest BCUT2D eigenvalue weighted by atomic mass is 10.0. The minimum absolute atomic E-state index is 0.125. The van der Waals surface area contributed by atoms with E-state index >= 15 is 0 Å². The summed E-state index contributed by atoms with van der Waals surface area (Å²) in [5.41, 5.74) is 6.32. The summed E-state index contributed by atoms with van der Waals surface area (Å²) in [7, 11) is 0. The van der Waals surface area contributed by atoms with Crippen LogP contribution < -0.4 is 11.1 Å². The molecule has 3 N–H and O–H groups in total. The summed E-state index contributed by atoms with van der Waals surface area (Å²) in [6, 6.07) is 8.42. The Morgan fingerprint density at radius 2 is 1.86 bits per heavy atom. The molecule has 28 heavy (non-hydrogen) atoms. The Morgan fingerprint density at radius 3 is 2.54 bits per heavy atom. The van der Waals surface area contributed by atoms with E-state index in [1.54, 1.807) is 19.9 Å². The SMILES string of the molecule is Cc1cc([C@@H](C)NC(=O)c2ccc3nc(C(F)(F)F)ccc3c2)c(F)cc1N. The number of amides is 1. The van der Waals surface area contributed by atoms with Crippen LogP contribution in [0.25, 0.3) is 10.9 Å². The number of carbonyl (C=O) groups excluding carboxylic acids is 1. The number of hydrogen-bond donors (Lipinski definition) is 2. The molecule has 0 spiro atoms. The average Bonchev–Trinajstić information content (AvgIpc) is 2.62. The number of fused-ring (bicyclic) bond motifs is 1. The molecule has 4 nitrogen and oxygen atoms in total. The third-order valence-corrected chi connectivity index (χ3v) is 4.44. The summed E-state index contributed by atoms with van der Waals surface area (Å²) >= 11 is 0. The zero-order valence-corrected chi connectivity index (χ0v) is 15.1. The molecule has 0 aliphatic carbocycles. The number of hydrogen-bond acceptors (Lipinski definition) is 3. The molecule has 0 aliphatic heterocycles. The smallest absolute Gasteiger partial charge is 0.398 e. The van der Waals surface area contributed by atoms with Gasteiger partial charge in [0.1, 0.15) is 11.5 Å². The lowest BCUT2D eigenvalue weighted by Crippen LogP contribution is -2.27. The third kappa shape index (κ3) is 3.90. The summed E-state index contributed by atoms with van der Waals surface area (Å²) < 4.78 is 52.4. The number of nitrogen functional groups attached to an aromatic ring is 1. The molecular formula is C20H17F4N3O. The number of alkyl halides is 3. The zero-order chi connectivity index (χ0) is 20.6. The molecule has 2 aromatic carbocycles. The van der Waals surface area contributed by atoms with Crippen molar-refractivity contribution in [2.24, 2.45) is 0 Å². The number of carbonyl (C=O) groups is 1. The molecule has 0 radical (unpaired) electrons. The lowest BCUT2D eigenvalue weighted by molar-refractivity contribution is -0.140. The maximum absolute atomic E-state index is 14.1. The van der Waals surface area contributed by atoms with Crippen LogP contribution in [0.15, 0.2) is 42.5 Å². The monoisotopic (exact) mass is 391 g/mol. The molecule has 3 rings (SSSR count). The molecule has 0 fully saturated rings. The van der Waals surface area contributed by atoms with Gasteiger partial charge in [0.2, 0.25) is 0 Å². The Labute approximate surface area is 158 Å². The van der Waals surface area contributed by atoms with Gasteiger partial charge in [-0.3, -0.25) is 4.79 Å². The van der Waals surface area contributed by atoms with Crippen molar-refractivity contribution < 1.29 is 22.4 Å². The van der Waals surface area contributed by atoms with Gasteiger partial charge in [0.05, 0.1) is 11.6 Å². The van der Waals surface area contributed by atoms with Gasteiger partial charge in [-0.15, -0.1) is 0 Å². The highest BCUT2D eigenvalue weighted by atomic mass is 19.4.